The van der Waals surface area contributed by atoms with E-state index in [9.17, 15) is 4.79 Å². The van der Waals surface area contributed by atoms with Crippen LogP contribution in [0.25, 0.3) is 0 Å². The Morgan fingerprint density at radius 2 is 2.22 bits per heavy atom. The van der Waals surface area contributed by atoms with Gasteiger partial charge in [0, 0.05) is 24.9 Å². The van der Waals surface area contributed by atoms with E-state index in [-0.39, 0.29) is 6.03 Å². The number of benzene rings is 1. The summed E-state index contributed by atoms with van der Waals surface area (Å²) in [6, 6.07) is 5.08. The number of methoxy groups -OCH3 is 1. The number of ether oxygens (including phenoxy) is 2. The fourth-order valence-corrected chi connectivity index (χ4v) is 1.70. The van der Waals surface area contributed by atoms with E-state index in [4.69, 9.17) is 9.47 Å². The van der Waals surface area contributed by atoms with Crippen LogP contribution in [0.3, 0.4) is 0 Å². The Balaban J connectivity index is 2.44. The van der Waals surface area contributed by atoms with E-state index in [1.54, 1.807) is 19.2 Å². The summed E-state index contributed by atoms with van der Waals surface area (Å²) in [6.07, 6.45) is 0. The smallest absolute Gasteiger partial charge is 0.319 e. The molecular weight excluding hydrogens is 300 g/mol. The van der Waals surface area contributed by atoms with E-state index in [0.717, 1.165) is 4.47 Å². The third-order valence-electron chi connectivity index (χ3n) is 2.15. The minimum absolute atomic E-state index is 0.265. The number of nitrogens with one attached hydrogen (secondary N) is 2. The summed E-state index contributed by atoms with van der Waals surface area (Å²) in [5, 5.41) is 5.40. The Kier molecular flexibility index (Phi) is 6.53. The topological polar surface area (TPSA) is 59.6 Å². The molecule has 0 aliphatic rings. The molecule has 0 saturated heterocycles. The van der Waals surface area contributed by atoms with Gasteiger partial charge < -0.3 is 20.1 Å². The fourth-order valence-electron chi connectivity index (χ4n) is 1.29. The predicted octanol–water partition coefficient (Wildman–Crippen LogP) is 2.62. The van der Waals surface area contributed by atoms with Crippen molar-refractivity contribution in [3.8, 4) is 5.75 Å². The van der Waals surface area contributed by atoms with Crippen LogP contribution in [-0.4, -0.2) is 32.9 Å². The van der Waals surface area contributed by atoms with Crippen LogP contribution in [0.4, 0.5) is 10.5 Å². The molecule has 18 heavy (non-hydrogen) atoms. The molecule has 0 saturated carbocycles. The SMILES string of the molecule is CCOCCNC(=O)Nc1ccc(Br)c(OC)c1. The summed E-state index contributed by atoms with van der Waals surface area (Å²) in [7, 11) is 1.58. The number of hydrogen-bond acceptors (Lipinski definition) is 3. The van der Waals surface area contributed by atoms with Crippen LogP contribution >= 0.6 is 15.9 Å². The van der Waals surface area contributed by atoms with E-state index in [1.807, 2.05) is 13.0 Å². The first kappa shape index (κ1) is 14.8. The summed E-state index contributed by atoms with van der Waals surface area (Å²) < 4.78 is 11.1. The van der Waals surface area contributed by atoms with Gasteiger partial charge >= 0.3 is 6.03 Å². The number of carbonyl (C=O) groups excluding carboxylic acids is 1. The van der Waals surface area contributed by atoms with Gasteiger partial charge in [-0.15, -0.1) is 0 Å². The zero-order chi connectivity index (χ0) is 13.4. The minimum Gasteiger partial charge on any atom is -0.495 e. The molecule has 0 bridgehead atoms. The molecule has 0 fully saturated rings. The van der Waals surface area contributed by atoms with Crippen LogP contribution in [0.2, 0.25) is 0 Å². The van der Waals surface area contributed by atoms with E-state index in [0.29, 0.717) is 31.2 Å². The molecule has 0 atom stereocenters. The highest BCUT2D eigenvalue weighted by Crippen LogP contribution is 2.27. The second-order valence-electron chi connectivity index (χ2n) is 3.43. The molecule has 100 valence electrons. The van der Waals surface area contributed by atoms with Crippen LogP contribution < -0.4 is 15.4 Å². The van der Waals surface area contributed by atoms with Gasteiger partial charge in [0.25, 0.3) is 0 Å². The van der Waals surface area contributed by atoms with E-state index in [2.05, 4.69) is 26.6 Å². The molecule has 0 aliphatic heterocycles. The predicted molar refractivity (Wildman–Crippen MR) is 74.2 cm³/mol. The zero-order valence-electron chi connectivity index (χ0n) is 10.5. The van der Waals surface area contributed by atoms with Crippen LogP contribution in [0.5, 0.6) is 5.75 Å². The van der Waals surface area contributed by atoms with Gasteiger partial charge in [-0.3, -0.25) is 0 Å². The zero-order valence-corrected chi connectivity index (χ0v) is 12.0. The van der Waals surface area contributed by atoms with E-state index < -0.39 is 0 Å². The maximum Gasteiger partial charge on any atom is 0.319 e. The van der Waals surface area contributed by atoms with Crippen molar-refractivity contribution < 1.29 is 14.3 Å². The summed E-state index contributed by atoms with van der Waals surface area (Å²) in [5.41, 5.74) is 0.670. The van der Waals surface area contributed by atoms with Crippen molar-refractivity contribution in [1.82, 2.24) is 5.32 Å². The van der Waals surface area contributed by atoms with Crippen LogP contribution in [0, 0.1) is 0 Å². The Bertz CT molecular complexity index is 399. The van der Waals surface area contributed by atoms with Crippen molar-refractivity contribution >= 4 is 27.6 Å². The van der Waals surface area contributed by atoms with Crippen molar-refractivity contribution in [1.29, 1.82) is 0 Å². The Morgan fingerprint density at radius 3 is 2.89 bits per heavy atom. The van der Waals surface area contributed by atoms with Crippen molar-refractivity contribution in [2.45, 2.75) is 6.92 Å². The van der Waals surface area contributed by atoms with E-state index in [1.165, 1.54) is 0 Å². The van der Waals surface area contributed by atoms with Gasteiger partial charge in [0.2, 0.25) is 0 Å². The van der Waals surface area contributed by atoms with Crippen molar-refractivity contribution in [3.05, 3.63) is 22.7 Å². The lowest BCUT2D eigenvalue weighted by Crippen LogP contribution is -2.31. The van der Waals surface area contributed by atoms with Gasteiger partial charge in [0.15, 0.2) is 0 Å². The van der Waals surface area contributed by atoms with Crippen LogP contribution in [0.15, 0.2) is 22.7 Å². The second-order valence-corrected chi connectivity index (χ2v) is 4.28. The quantitative estimate of drug-likeness (QED) is 0.793. The Morgan fingerprint density at radius 1 is 1.44 bits per heavy atom. The highest BCUT2D eigenvalue weighted by atomic mass is 79.9. The minimum atomic E-state index is -0.265. The first-order chi connectivity index (χ1) is 8.67. The van der Waals surface area contributed by atoms with Crippen LogP contribution in [0.1, 0.15) is 6.92 Å². The molecule has 0 unspecified atom stereocenters. The number of hydrogen-bond donors (Lipinski definition) is 2. The van der Waals surface area contributed by atoms with Gasteiger partial charge in [-0.25, -0.2) is 4.79 Å². The normalized spacial score (nSPS) is 9.94. The van der Waals surface area contributed by atoms with Crippen molar-refractivity contribution in [3.63, 3.8) is 0 Å². The highest BCUT2D eigenvalue weighted by Gasteiger charge is 2.04. The maximum absolute atomic E-state index is 11.5. The maximum atomic E-state index is 11.5. The molecule has 6 heteroatoms. The van der Waals surface area contributed by atoms with Gasteiger partial charge in [-0.1, -0.05) is 0 Å². The average molecular weight is 317 g/mol. The molecule has 2 amide bonds. The molecule has 0 spiro atoms. The van der Waals surface area contributed by atoms with Gasteiger partial charge in [0.1, 0.15) is 5.75 Å². The standard InChI is InChI=1S/C12H17BrN2O3/c1-3-18-7-6-14-12(16)15-9-4-5-10(13)11(8-9)17-2/h4-5,8H,3,6-7H2,1-2H3,(H2,14,15,16). The molecule has 5 nitrogen and oxygen atoms in total. The lowest BCUT2D eigenvalue weighted by atomic mass is 10.3. The lowest BCUT2D eigenvalue weighted by molar-refractivity contribution is 0.150. The Labute approximate surface area is 115 Å². The Hall–Kier alpha value is -1.27. The molecule has 0 aliphatic carbocycles. The summed E-state index contributed by atoms with van der Waals surface area (Å²) in [6.45, 7) is 3.54. The average Bonchev–Trinajstić information content (AvgIpc) is 2.37. The third-order valence-corrected chi connectivity index (χ3v) is 2.80. The number of amides is 2. The third kappa shape index (κ3) is 4.93. The molecule has 1 rings (SSSR count). The fraction of sp³-hybridized carbons (Fsp3) is 0.417. The molecule has 0 aromatic heterocycles. The highest BCUT2D eigenvalue weighted by molar-refractivity contribution is 9.10. The number of halogens is 1. The summed E-state index contributed by atoms with van der Waals surface area (Å²) in [5.74, 6) is 0.669. The first-order valence-corrected chi connectivity index (χ1v) is 6.42. The van der Waals surface area contributed by atoms with Crippen LogP contribution in [-0.2, 0) is 4.74 Å². The lowest BCUT2D eigenvalue weighted by Gasteiger charge is -2.09. The molecular formula is C12H17BrN2O3. The van der Waals surface area contributed by atoms with E-state index >= 15 is 0 Å². The van der Waals surface area contributed by atoms with Gasteiger partial charge in [-0.05, 0) is 35.0 Å². The largest absolute Gasteiger partial charge is 0.495 e. The van der Waals surface area contributed by atoms with Gasteiger partial charge in [-0.2, -0.15) is 0 Å². The molecule has 2 N–H and O–H groups in total. The first-order valence-electron chi connectivity index (χ1n) is 5.63. The monoisotopic (exact) mass is 316 g/mol. The molecule has 0 radical (unpaired) electrons. The summed E-state index contributed by atoms with van der Waals surface area (Å²) >= 11 is 3.35. The number of rotatable bonds is 6. The number of urea groups is 1. The van der Waals surface area contributed by atoms with Crippen molar-refractivity contribution in [2.75, 3.05) is 32.2 Å². The molecule has 1 aromatic carbocycles. The second kappa shape index (κ2) is 7.94. The molecule has 0 heterocycles. The summed E-state index contributed by atoms with van der Waals surface area (Å²) in [4.78, 5) is 11.5. The van der Waals surface area contributed by atoms with Gasteiger partial charge in [0.05, 0.1) is 18.2 Å². The number of carbonyl (C=O) groups is 1. The van der Waals surface area contributed by atoms with Crippen molar-refractivity contribution in [2.24, 2.45) is 0 Å². The number of anilines is 1. The molecule has 1 aromatic rings.